The summed E-state index contributed by atoms with van der Waals surface area (Å²) in [5, 5.41) is 0.228. The van der Waals surface area contributed by atoms with Crippen LogP contribution in [0.3, 0.4) is 0 Å². The average Bonchev–Trinajstić information content (AvgIpc) is 2.48. The summed E-state index contributed by atoms with van der Waals surface area (Å²) in [6.45, 7) is 7.00. The molecule has 1 fully saturated rings. The van der Waals surface area contributed by atoms with E-state index in [1.807, 2.05) is 25.7 Å². The van der Waals surface area contributed by atoms with Gasteiger partial charge in [0.2, 0.25) is 10.0 Å². The summed E-state index contributed by atoms with van der Waals surface area (Å²) < 4.78 is 32.1. The number of sulfonamides is 1. The van der Waals surface area contributed by atoms with Crippen molar-refractivity contribution in [2.45, 2.75) is 31.3 Å². The van der Waals surface area contributed by atoms with E-state index in [9.17, 15) is 13.2 Å². The van der Waals surface area contributed by atoms with E-state index in [2.05, 4.69) is 0 Å². The van der Waals surface area contributed by atoms with Crippen LogP contribution in [0, 0.1) is 0 Å². The lowest BCUT2D eigenvalue weighted by atomic mass is 10.2. The standard InChI is InChI=1S/C16H22Cl2N2O4S/c1-16(2,3)24-14(21)11-19-7-9-20(10-8-19)25(22,23)13-6-4-5-12(17)15(13)18/h4-6H,7-11H2,1-3H3. The molecule has 0 aliphatic carbocycles. The second-order valence-corrected chi connectivity index (χ2v) is 9.51. The minimum Gasteiger partial charge on any atom is -0.459 e. The van der Waals surface area contributed by atoms with Gasteiger partial charge >= 0.3 is 5.97 Å². The van der Waals surface area contributed by atoms with Crippen LogP contribution in [0.2, 0.25) is 10.0 Å². The van der Waals surface area contributed by atoms with Crippen LogP contribution >= 0.6 is 23.2 Å². The third kappa shape index (κ3) is 5.31. The molecule has 0 amide bonds. The molecule has 1 aliphatic rings. The molecule has 0 unspecified atom stereocenters. The average molecular weight is 409 g/mol. The minimum atomic E-state index is -3.72. The third-order valence-corrected chi connectivity index (χ3v) is 6.51. The van der Waals surface area contributed by atoms with E-state index in [0.29, 0.717) is 13.1 Å². The van der Waals surface area contributed by atoms with Crippen molar-refractivity contribution in [3.05, 3.63) is 28.2 Å². The number of carbonyl (C=O) groups excluding carboxylic acids is 1. The second kappa shape index (κ2) is 7.80. The van der Waals surface area contributed by atoms with Gasteiger partial charge in [0, 0.05) is 26.2 Å². The summed E-state index contributed by atoms with van der Waals surface area (Å²) in [6, 6.07) is 4.54. The van der Waals surface area contributed by atoms with Crippen LogP contribution in [-0.2, 0) is 19.6 Å². The highest BCUT2D eigenvalue weighted by atomic mass is 35.5. The topological polar surface area (TPSA) is 66.9 Å². The first kappa shape index (κ1) is 20.5. The van der Waals surface area contributed by atoms with Crippen molar-refractivity contribution >= 4 is 39.2 Å². The fraction of sp³-hybridized carbons (Fsp3) is 0.562. The zero-order chi connectivity index (χ0) is 18.8. The molecule has 0 saturated carbocycles. The van der Waals surface area contributed by atoms with E-state index >= 15 is 0 Å². The first-order chi connectivity index (χ1) is 11.5. The Hall–Kier alpha value is -0.860. The summed E-state index contributed by atoms with van der Waals surface area (Å²) in [5.74, 6) is -0.318. The number of halogens is 2. The van der Waals surface area contributed by atoms with E-state index in [4.69, 9.17) is 27.9 Å². The maximum Gasteiger partial charge on any atom is 0.320 e. The summed E-state index contributed by atoms with van der Waals surface area (Å²) in [4.78, 5) is 13.8. The zero-order valence-electron chi connectivity index (χ0n) is 14.5. The van der Waals surface area contributed by atoms with Crippen LogP contribution in [0.25, 0.3) is 0 Å². The highest BCUT2D eigenvalue weighted by Crippen LogP contribution is 2.31. The van der Waals surface area contributed by atoms with Crippen molar-refractivity contribution in [3.8, 4) is 0 Å². The Kier molecular flexibility index (Phi) is 6.38. The number of hydrogen-bond acceptors (Lipinski definition) is 5. The molecular formula is C16H22Cl2N2O4S. The highest BCUT2D eigenvalue weighted by Gasteiger charge is 2.31. The van der Waals surface area contributed by atoms with Gasteiger partial charge in [0.15, 0.2) is 0 Å². The van der Waals surface area contributed by atoms with Crippen molar-refractivity contribution in [1.82, 2.24) is 9.21 Å². The summed E-state index contributed by atoms with van der Waals surface area (Å²) in [6.07, 6.45) is 0. The van der Waals surface area contributed by atoms with Gasteiger partial charge in [0.1, 0.15) is 10.5 Å². The fourth-order valence-corrected chi connectivity index (χ4v) is 4.66. The van der Waals surface area contributed by atoms with Gasteiger partial charge < -0.3 is 4.74 Å². The first-order valence-electron chi connectivity index (χ1n) is 7.89. The SMILES string of the molecule is CC(C)(C)OC(=O)CN1CCN(S(=O)(=O)c2cccc(Cl)c2Cl)CC1. The zero-order valence-corrected chi connectivity index (χ0v) is 16.8. The lowest BCUT2D eigenvalue weighted by Gasteiger charge is -2.34. The molecule has 1 aromatic rings. The maximum absolute atomic E-state index is 12.7. The number of nitrogens with zero attached hydrogens (tertiary/aromatic N) is 2. The van der Waals surface area contributed by atoms with Crippen LogP contribution < -0.4 is 0 Å². The number of carbonyl (C=O) groups is 1. The smallest absolute Gasteiger partial charge is 0.320 e. The molecule has 9 heteroatoms. The van der Waals surface area contributed by atoms with Gasteiger partial charge in [-0.2, -0.15) is 4.31 Å². The minimum absolute atomic E-state index is 0.00209. The van der Waals surface area contributed by atoms with Crippen molar-refractivity contribution in [1.29, 1.82) is 0 Å². The lowest BCUT2D eigenvalue weighted by molar-refractivity contribution is -0.156. The summed E-state index contributed by atoms with van der Waals surface area (Å²) in [5.41, 5.74) is -0.536. The quantitative estimate of drug-likeness (QED) is 0.716. The van der Waals surface area contributed by atoms with Gasteiger partial charge in [0.05, 0.1) is 16.6 Å². The van der Waals surface area contributed by atoms with Crippen molar-refractivity contribution < 1.29 is 17.9 Å². The molecule has 1 aromatic carbocycles. The Morgan fingerprint density at radius 1 is 1.16 bits per heavy atom. The Morgan fingerprint density at radius 3 is 2.32 bits per heavy atom. The number of rotatable bonds is 4. The first-order valence-corrected chi connectivity index (χ1v) is 10.1. The van der Waals surface area contributed by atoms with Gasteiger partial charge in [-0.25, -0.2) is 8.42 Å². The van der Waals surface area contributed by atoms with Gasteiger partial charge in [-0.05, 0) is 32.9 Å². The summed E-state index contributed by atoms with van der Waals surface area (Å²) in [7, 11) is -3.72. The predicted molar refractivity (Wildman–Crippen MR) is 97.5 cm³/mol. The Balaban J connectivity index is 2.00. The van der Waals surface area contributed by atoms with Gasteiger partial charge in [-0.15, -0.1) is 0 Å². The fourth-order valence-electron chi connectivity index (χ4n) is 2.51. The molecule has 0 N–H and O–H groups in total. The number of esters is 1. The van der Waals surface area contributed by atoms with E-state index in [0.717, 1.165) is 0 Å². The molecule has 0 spiro atoms. The predicted octanol–water partition coefficient (Wildman–Crippen LogP) is 2.64. The molecule has 2 rings (SSSR count). The van der Waals surface area contributed by atoms with Crippen LogP contribution in [0.15, 0.2) is 23.1 Å². The molecule has 1 heterocycles. The lowest BCUT2D eigenvalue weighted by Crippen LogP contribution is -2.50. The highest BCUT2D eigenvalue weighted by molar-refractivity contribution is 7.89. The largest absolute Gasteiger partial charge is 0.459 e. The van der Waals surface area contributed by atoms with Gasteiger partial charge in [-0.1, -0.05) is 29.3 Å². The number of hydrogen-bond donors (Lipinski definition) is 0. The van der Waals surface area contributed by atoms with Crippen LogP contribution in [0.1, 0.15) is 20.8 Å². The van der Waals surface area contributed by atoms with E-state index < -0.39 is 15.6 Å². The molecule has 1 aliphatic heterocycles. The van der Waals surface area contributed by atoms with Crippen molar-refractivity contribution in [2.75, 3.05) is 32.7 Å². The summed E-state index contributed by atoms with van der Waals surface area (Å²) >= 11 is 12.0. The molecule has 0 atom stereocenters. The molecule has 1 saturated heterocycles. The van der Waals surface area contributed by atoms with Crippen LogP contribution in [0.4, 0.5) is 0 Å². The van der Waals surface area contributed by atoms with E-state index in [1.54, 1.807) is 12.1 Å². The van der Waals surface area contributed by atoms with Gasteiger partial charge in [-0.3, -0.25) is 9.69 Å². The monoisotopic (exact) mass is 408 g/mol. The van der Waals surface area contributed by atoms with Crippen molar-refractivity contribution in [3.63, 3.8) is 0 Å². The number of benzene rings is 1. The molecule has 140 valence electrons. The molecule has 25 heavy (non-hydrogen) atoms. The second-order valence-electron chi connectivity index (χ2n) is 6.82. The van der Waals surface area contributed by atoms with Crippen LogP contribution in [-0.4, -0.2) is 61.9 Å². The van der Waals surface area contributed by atoms with E-state index in [-0.39, 0.29) is 40.5 Å². The normalized spacial score (nSPS) is 17.5. The van der Waals surface area contributed by atoms with Gasteiger partial charge in [0.25, 0.3) is 0 Å². The Morgan fingerprint density at radius 2 is 1.76 bits per heavy atom. The Labute approximate surface area is 158 Å². The third-order valence-electron chi connectivity index (χ3n) is 3.64. The molecular weight excluding hydrogens is 387 g/mol. The molecule has 0 bridgehead atoms. The number of ether oxygens (including phenoxy) is 1. The molecule has 0 radical (unpaired) electrons. The molecule has 0 aromatic heterocycles. The number of piperazine rings is 1. The Bertz CT molecular complexity index is 739. The van der Waals surface area contributed by atoms with E-state index in [1.165, 1.54) is 10.4 Å². The van der Waals surface area contributed by atoms with Crippen molar-refractivity contribution in [2.24, 2.45) is 0 Å². The van der Waals surface area contributed by atoms with Crippen LogP contribution in [0.5, 0.6) is 0 Å². The molecule has 6 nitrogen and oxygen atoms in total. The maximum atomic E-state index is 12.7.